The van der Waals surface area contributed by atoms with Gasteiger partial charge in [-0.15, -0.1) is 0 Å². The fourth-order valence-electron chi connectivity index (χ4n) is 3.63. The molecule has 0 saturated carbocycles. The predicted molar refractivity (Wildman–Crippen MR) is 87.2 cm³/mol. The number of nitrogens with zero attached hydrogens (tertiary/aromatic N) is 3. The van der Waals surface area contributed by atoms with Crippen LogP contribution in [-0.4, -0.2) is 65.8 Å². The first-order valence-corrected chi connectivity index (χ1v) is 8.88. The van der Waals surface area contributed by atoms with E-state index in [2.05, 4.69) is 6.92 Å². The fraction of sp³-hybridized carbons (Fsp3) is 0.824. The molecule has 128 valence electrons. The molecule has 0 bridgehead atoms. The average molecular weight is 321 g/mol. The lowest BCUT2D eigenvalue weighted by atomic mass is 9.87. The van der Waals surface area contributed by atoms with E-state index in [0.717, 1.165) is 25.1 Å². The molecule has 6 nitrogen and oxygen atoms in total. The van der Waals surface area contributed by atoms with Gasteiger partial charge >= 0.3 is 0 Å². The van der Waals surface area contributed by atoms with Crippen molar-refractivity contribution in [2.24, 2.45) is 10.9 Å². The monoisotopic (exact) mass is 321 g/mol. The summed E-state index contributed by atoms with van der Waals surface area (Å²) in [7, 11) is 0. The summed E-state index contributed by atoms with van der Waals surface area (Å²) in [6.07, 6.45) is 4.34. The zero-order valence-electron chi connectivity index (χ0n) is 14.2. The molecular weight excluding hydrogens is 294 g/mol. The third-order valence-electron chi connectivity index (χ3n) is 5.26. The van der Waals surface area contributed by atoms with Crippen LogP contribution in [0.5, 0.6) is 0 Å². The van der Waals surface area contributed by atoms with E-state index in [1.165, 1.54) is 0 Å². The summed E-state index contributed by atoms with van der Waals surface area (Å²) in [6.45, 7) is 7.19. The van der Waals surface area contributed by atoms with Crippen molar-refractivity contribution >= 4 is 17.6 Å². The standard InChI is InChI=1S/C17H27N3O3/c1-3-5-6-14-18-17(16(22)20(14)4-2)7-9-19(10-8-17)15(21)13-11-23-12-13/h13H,3-12H2,1-2H3. The lowest BCUT2D eigenvalue weighted by Gasteiger charge is -2.39. The molecule has 3 aliphatic heterocycles. The van der Waals surface area contributed by atoms with Crippen LogP contribution in [0.1, 0.15) is 46.0 Å². The van der Waals surface area contributed by atoms with E-state index in [1.807, 2.05) is 16.7 Å². The number of piperidine rings is 1. The molecular formula is C17H27N3O3. The van der Waals surface area contributed by atoms with Crippen LogP contribution in [0.25, 0.3) is 0 Å². The molecule has 3 rings (SSSR count). The number of carbonyl (C=O) groups is 2. The van der Waals surface area contributed by atoms with E-state index in [-0.39, 0.29) is 17.7 Å². The van der Waals surface area contributed by atoms with E-state index in [0.29, 0.717) is 45.7 Å². The molecule has 1 spiro atoms. The van der Waals surface area contributed by atoms with Gasteiger partial charge in [0, 0.05) is 26.1 Å². The van der Waals surface area contributed by atoms with Crippen LogP contribution in [0.2, 0.25) is 0 Å². The number of rotatable bonds is 5. The first-order valence-electron chi connectivity index (χ1n) is 8.88. The number of likely N-dealkylation sites (tertiary alicyclic amines) is 1. The quantitative estimate of drug-likeness (QED) is 0.770. The second-order valence-corrected chi connectivity index (χ2v) is 6.77. The van der Waals surface area contributed by atoms with E-state index in [9.17, 15) is 9.59 Å². The second-order valence-electron chi connectivity index (χ2n) is 6.77. The predicted octanol–water partition coefficient (Wildman–Crippen LogP) is 1.44. The topological polar surface area (TPSA) is 62.2 Å². The minimum absolute atomic E-state index is 0.0269. The third kappa shape index (κ3) is 2.89. The molecule has 23 heavy (non-hydrogen) atoms. The Balaban J connectivity index is 1.67. The number of amides is 2. The second kappa shape index (κ2) is 6.59. The highest BCUT2D eigenvalue weighted by molar-refractivity contribution is 6.08. The van der Waals surface area contributed by atoms with Crippen molar-refractivity contribution in [2.75, 3.05) is 32.8 Å². The van der Waals surface area contributed by atoms with Gasteiger partial charge in [-0.2, -0.15) is 0 Å². The SMILES string of the molecule is CCCCC1=NC2(CCN(C(=O)C3COC3)CC2)C(=O)N1CC. The summed E-state index contributed by atoms with van der Waals surface area (Å²) in [5, 5.41) is 0. The van der Waals surface area contributed by atoms with E-state index >= 15 is 0 Å². The number of carbonyl (C=O) groups excluding carboxylic acids is 2. The average Bonchev–Trinajstić information content (AvgIpc) is 2.76. The molecule has 0 aliphatic carbocycles. The minimum Gasteiger partial charge on any atom is -0.380 e. The smallest absolute Gasteiger partial charge is 0.255 e. The third-order valence-corrected chi connectivity index (χ3v) is 5.26. The Labute approximate surface area is 137 Å². The van der Waals surface area contributed by atoms with Gasteiger partial charge in [0.25, 0.3) is 5.91 Å². The molecule has 6 heteroatoms. The Morgan fingerprint density at radius 3 is 2.52 bits per heavy atom. The first kappa shape index (κ1) is 16.4. The summed E-state index contributed by atoms with van der Waals surface area (Å²) in [5.41, 5.74) is -0.605. The highest BCUT2D eigenvalue weighted by atomic mass is 16.5. The van der Waals surface area contributed by atoms with Gasteiger partial charge in [-0.1, -0.05) is 13.3 Å². The van der Waals surface area contributed by atoms with Crippen LogP contribution in [-0.2, 0) is 14.3 Å². The Kier molecular flexibility index (Phi) is 4.71. The molecule has 3 heterocycles. The Morgan fingerprint density at radius 1 is 1.30 bits per heavy atom. The van der Waals surface area contributed by atoms with Crippen LogP contribution in [0.3, 0.4) is 0 Å². The maximum Gasteiger partial charge on any atom is 0.255 e. The number of hydrogen-bond donors (Lipinski definition) is 0. The molecule has 0 aromatic carbocycles. The van der Waals surface area contributed by atoms with Crippen LogP contribution < -0.4 is 0 Å². The molecule has 2 saturated heterocycles. The molecule has 0 N–H and O–H groups in total. The van der Waals surface area contributed by atoms with Gasteiger partial charge in [-0.25, -0.2) is 0 Å². The summed E-state index contributed by atoms with van der Waals surface area (Å²) in [4.78, 5) is 33.8. The number of aliphatic imine (C=N–C) groups is 1. The van der Waals surface area contributed by atoms with Gasteiger partial charge in [0.05, 0.1) is 19.1 Å². The van der Waals surface area contributed by atoms with Crippen LogP contribution in [0, 0.1) is 5.92 Å². The van der Waals surface area contributed by atoms with E-state index in [4.69, 9.17) is 9.73 Å². The summed E-state index contributed by atoms with van der Waals surface area (Å²) < 4.78 is 5.11. The number of amidine groups is 1. The van der Waals surface area contributed by atoms with Crippen molar-refractivity contribution in [3.05, 3.63) is 0 Å². The zero-order valence-corrected chi connectivity index (χ0v) is 14.2. The van der Waals surface area contributed by atoms with Crippen molar-refractivity contribution in [1.29, 1.82) is 0 Å². The Hall–Kier alpha value is -1.43. The molecule has 0 aromatic heterocycles. The van der Waals surface area contributed by atoms with Crippen molar-refractivity contribution in [1.82, 2.24) is 9.80 Å². The number of ether oxygens (including phenoxy) is 1. The van der Waals surface area contributed by atoms with Gasteiger partial charge in [0.1, 0.15) is 11.4 Å². The number of hydrogen-bond acceptors (Lipinski definition) is 4. The number of unbranched alkanes of at least 4 members (excludes halogenated alkanes) is 1. The van der Waals surface area contributed by atoms with Gasteiger partial charge in [-0.05, 0) is 26.2 Å². The maximum atomic E-state index is 12.9. The van der Waals surface area contributed by atoms with Crippen LogP contribution >= 0.6 is 0 Å². The molecule has 3 aliphatic rings. The maximum absolute atomic E-state index is 12.9. The molecule has 0 unspecified atom stereocenters. The first-order chi connectivity index (χ1) is 11.1. The molecule has 0 atom stereocenters. The normalized spacial score (nSPS) is 24.1. The van der Waals surface area contributed by atoms with Gasteiger partial charge in [0.2, 0.25) is 5.91 Å². The van der Waals surface area contributed by atoms with Gasteiger partial charge in [0.15, 0.2) is 0 Å². The lowest BCUT2D eigenvalue weighted by Crippen LogP contribution is -2.54. The highest BCUT2D eigenvalue weighted by Crippen LogP contribution is 2.35. The fourth-order valence-corrected chi connectivity index (χ4v) is 3.63. The Bertz CT molecular complexity index is 505. The minimum atomic E-state index is -0.605. The largest absolute Gasteiger partial charge is 0.380 e. The van der Waals surface area contributed by atoms with Crippen molar-refractivity contribution in [2.45, 2.75) is 51.5 Å². The number of likely N-dealkylation sites (N-methyl/N-ethyl adjacent to an activating group) is 1. The molecule has 2 amide bonds. The van der Waals surface area contributed by atoms with Crippen LogP contribution in [0.15, 0.2) is 4.99 Å². The van der Waals surface area contributed by atoms with Crippen molar-refractivity contribution in [3.63, 3.8) is 0 Å². The van der Waals surface area contributed by atoms with Crippen molar-refractivity contribution < 1.29 is 14.3 Å². The van der Waals surface area contributed by atoms with Gasteiger partial charge < -0.3 is 9.64 Å². The highest BCUT2D eigenvalue weighted by Gasteiger charge is 2.49. The van der Waals surface area contributed by atoms with Gasteiger partial charge in [-0.3, -0.25) is 19.5 Å². The molecule has 2 fully saturated rings. The molecule has 0 aromatic rings. The Morgan fingerprint density at radius 2 is 2.00 bits per heavy atom. The van der Waals surface area contributed by atoms with Crippen LogP contribution in [0.4, 0.5) is 0 Å². The van der Waals surface area contributed by atoms with Crippen molar-refractivity contribution in [3.8, 4) is 0 Å². The van der Waals surface area contributed by atoms with E-state index in [1.54, 1.807) is 0 Å². The zero-order chi connectivity index (χ0) is 16.4. The lowest BCUT2D eigenvalue weighted by molar-refractivity contribution is -0.152. The molecule has 0 radical (unpaired) electrons. The summed E-state index contributed by atoms with van der Waals surface area (Å²) >= 11 is 0. The summed E-state index contributed by atoms with van der Waals surface area (Å²) in [5.74, 6) is 1.30. The summed E-state index contributed by atoms with van der Waals surface area (Å²) in [6, 6.07) is 0. The van der Waals surface area contributed by atoms with E-state index < -0.39 is 5.54 Å².